The highest BCUT2D eigenvalue weighted by molar-refractivity contribution is 5.44. The molecule has 1 aromatic rings. The summed E-state index contributed by atoms with van der Waals surface area (Å²) in [6, 6.07) is 6.90. The Labute approximate surface area is 108 Å². The third-order valence-corrected chi connectivity index (χ3v) is 3.73. The fourth-order valence-corrected chi connectivity index (χ4v) is 2.63. The standard InChI is InChI=1S/C15H19NO2/c1-16(13-5-3-2-4-6-13)10-12-7-8-14-15(9-12)18-11-17-14/h2-3,7-9,13H,4-6,10-11H2,1H3. The average molecular weight is 245 g/mol. The minimum atomic E-state index is 0.349. The summed E-state index contributed by atoms with van der Waals surface area (Å²) in [5.41, 5.74) is 1.29. The Morgan fingerprint density at radius 2 is 2.11 bits per heavy atom. The molecule has 0 aromatic heterocycles. The smallest absolute Gasteiger partial charge is 0.231 e. The van der Waals surface area contributed by atoms with E-state index in [1.165, 1.54) is 24.8 Å². The lowest BCUT2D eigenvalue weighted by molar-refractivity contribution is 0.174. The van der Waals surface area contributed by atoms with Gasteiger partial charge in [0.1, 0.15) is 0 Å². The molecule has 3 rings (SSSR count). The van der Waals surface area contributed by atoms with Crippen LogP contribution in [-0.2, 0) is 6.54 Å². The molecule has 1 heterocycles. The summed E-state index contributed by atoms with van der Waals surface area (Å²) in [6.45, 7) is 1.32. The predicted molar refractivity (Wildman–Crippen MR) is 70.8 cm³/mol. The summed E-state index contributed by atoms with van der Waals surface area (Å²) >= 11 is 0. The van der Waals surface area contributed by atoms with Gasteiger partial charge in [-0.1, -0.05) is 18.2 Å². The summed E-state index contributed by atoms with van der Waals surface area (Å²) in [5.74, 6) is 1.74. The van der Waals surface area contributed by atoms with Crippen molar-refractivity contribution >= 4 is 0 Å². The third-order valence-electron chi connectivity index (χ3n) is 3.73. The van der Waals surface area contributed by atoms with Gasteiger partial charge in [0.15, 0.2) is 11.5 Å². The first kappa shape index (κ1) is 11.6. The Morgan fingerprint density at radius 3 is 2.94 bits per heavy atom. The fourth-order valence-electron chi connectivity index (χ4n) is 2.63. The van der Waals surface area contributed by atoms with Gasteiger partial charge >= 0.3 is 0 Å². The van der Waals surface area contributed by atoms with Gasteiger partial charge in [0.2, 0.25) is 6.79 Å². The summed E-state index contributed by atoms with van der Waals surface area (Å²) in [6.07, 6.45) is 8.21. The number of hydrogen-bond donors (Lipinski definition) is 0. The van der Waals surface area contributed by atoms with Crippen LogP contribution in [0, 0.1) is 0 Å². The van der Waals surface area contributed by atoms with Crippen molar-refractivity contribution in [3.63, 3.8) is 0 Å². The van der Waals surface area contributed by atoms with E-state index >= 15 is 0 Å². The first-order chi connectivity index (χ1) is 8.83. The number of ether oxygens (including phenoxy) is 2. The zero-order chi connectivity index (χ0) is 12.4. The molecule has 2 aliphatic rings. The first-order valence-electron chi connectivity index (χ1n) is 6.57. The maximum absolute atomic E-state index is 5.41. The molecule has 1 aliphatic carbocycles. The van der Waals surface area contributed by atoms with E-state index in [1.807, 2.05) is 6.07 Å². The lowest BCUT2D eigenvalue weighted by atomic mass is 10.0. The lowest BCUT2D eigenvalue weighted by Crippen LogP contribution is -2.31. The highest BCUT2D eigenvalue weighted by Crippen LogP contribution is 2.33. The van der Waals surface area contributed by atoms with Crippen molar-refractivity contribution in [2.75, 3.05) is 13.8 Å². The molecule has 1 aromatic carbocycles. The Balaban J connectivity index is 1.66. The fraction of sp³-hybridized carbons (Fsp3) is 0.467. The number of fused-ring (bicyclic) bond motifs is 1. The second-order valence-electron chi connectivity index (χ2n) is 5.04. The van der Waals surface area contributed by atoms with Gasteiger partial charge in [-0.15, -0.1) is 0 Å². The quantitative estimate of drug-likeness (QED) is 0.764. The van der Waals surface area contributed by atoms with E-state index in [1.54, 1.807) is 0 Å². The largest absolute Gasteiger partial charge is 0.454 e. The first-order valence-corrected chi connectivity index (χ1v) is 6.57. The lowest BCUT2D eigenvalue weighted by Gasteiger charge is -2.29. The molecule has 3 heteroatoms. The van der Waals surface area contributed by atoms with Crippen LogP contribution in [0.3, 0.4) is 0 Å². The summed E-state index contributed by atoms with van der Waals surface area (Å²) in [7, 11) is 2.20. The van der Waals surface area contributed by atoms with E-state index < -0.39 is 0 Å². The van der Waals surface area contributed by atoms with Crippen LogP contribution in [0.2, 0.25) is 0 Å². The van der Waals surface area contributed by atoms with Crippen LogP contribution in [0.5, 0.6) is 11.5 Å². The molecular formula is C15H19NO2. The molecule has 0 spiro atoms. The number of rotatable bonds is 3. The van der Waals surface area contributed by atoms with E-state index in [4.69, 9.17) is 9.47 Å². The van der Waals surface area contributed by atoms with Gasteiger partial charge in [-0.25, -0.2) is 0 Å². The zero-order valence-corrected chi connectivity index (χ0v) is 10.8. The highest BCUT2D eigenvalue weighted by Gasteiger charge is 2.17. The molecule has 1 atom stereocenters. The van der Waals surface area contributed by atoms with Gasteiger partial charge in [0.05, 0.1) is 0 Å². The van der Waals surface area contributed by atoms with Crippen LogP contribution < -0.4 is 9.47 Å². The van der Waals surface area contributed by atoms with Gasteiger partial charge in [0, 0.05) is 12.6 Å². The molecule has 96 valence electrons. The van der Waals surface area contributed by atoms with Gasteiger partial charge in [0.25, 0.3) is 0 Å². The Bertz CT molecular complexity index is 456. The zero-order valence-electron chi connectivity index (χ0n) is 10.8. The maximum atomic E-state index is 5.41. The van der Waals surface area contributed by atoms with Crippen LogP contribution in [0.1, 0.15) is 24.8 Å². The Morgan fingerprint density at radius 1 is 1.22 bits per heavy atom. The Kier molecular flexibility index (Phi) is 3.24. The molecule has 3 nitrogen and oxygen atoms in total. The van der Waals surface area contributed by atoms with Crippen molar-refractivity contribution < 1.29 is 9.47 Å². The highest BCUT2D eigenvalue weighted by atomic mass is 16.7. The minimum Gasteiger partial charge on any atom is -0.454 e. The maximum Gasteiger partial charge on any atom is 0.231 e. The molecule has 18 heavy (non-hydrogen) atoms. The van der Waals surface area contributed by atoms with E-state index in [2.05, 4.69) is 36.2 Å². The summed E-state index contributed by atoms with van der Waals surface area (Å²) in [5, 5.41) is 0. The van der Waals surface area contributed by atoms with Crippen LogP contribution in [-0.4, -0.2) is 24.8 Å². The SMILES string of the molecule is CN(Cc1ccc2c(c1)OCO2)C1CC=CCC1. The van der Waals surface area contributed by atoms with Crippen LogP contribution in [0.4, 0.5) is 0 Å². The third kappa shape index (κ3) is 2.36. The van der Waals surface area contributed by atoms with E-state index in [9.17, 15) is 0 Å². The minimum absolute atomic E-state index is 0.349. The summed E-state index contributed by atoms with van der Waals surface area (Å²) in [4.78, 5) is 2.43. The second-order valence-corrected chi connectivity index (χ2v) is 5.04. The molecule has 1 aliphatic heterocycles. The van der Waals surface area contributed by atoms with Gasteiger partial charge < -0.3 is 9.47 Å². The number of benzene rings is 1. The molecule has 1 unspecified atom stereocenters. The van der Waals surface area contributed by atoms with Crippen LogP contribution in [0.25, 0.3) is 0 Å². The molecular weight excluding hydrogens is 226 g/mol. The monoisotopic (exact) mass is 245 g/mol. The molecule has 0 saturated carbocycles. The van der Waals surface area contributed by atoms with Gasteiger partial charge in [-0.05, 0) is 44.0 Å². The molecule has 0 amide bonds. The van der Waals surface area contributed by atoms with Gasteiger partial charge in [-0.3, -0.25) is 4.90 Å². The second kappa shape index (κ2) is 5.02. The van der Waals surface area contributed by atoms with Crippen molar-refractivity contribution in [2.45, 2.75) is 31.8 Å². The van der Waals surface area contributed by atoms with E-state index in [0.717, 1.165) is 18.0 Å². The normalized spacial score (nSPS) is 21.6. The molecule has 0 bridgehead atoms. The van der Waals surface area contributed by atoms with Crippen molar-refractivity contribution in [1.29, 1.82) is 0 Å². The number of nitrogens with zero attached hydrogens (tertiary/aromatic N) is 1. The summed E-state index contributed by atoms with van der Waals surface area (Å²) < 4.78 is 10.7. The average Bonchev–Trinajstić information content (AvgIpc) is 2.87. The van der Waals surface area contributed by atoms with Crippen molar-refractivity contribution in [2.24, 2.45) is 0 Å². The van der Waals surface area contributed by atoms with E-state index in [0.29, 0.717) is 12.8 Å². The van der Waals surface area contributed by atoms with E-state index in [-0.39, 0.29) is 0 Å². The Hall–Kier alpha value is -1.48. The van der Waals surface area contributed by atoms with Crippen molar-refractivity contribution in [3.05, 3.63) is 35.9 Å². The predicted octanol–water partition coefficient (Wildman–Crippen LogP) is 2.96. The molecule has 0 radical (unpaired) electrons. The number of allylic oxidation sites excluding steroid dienone is 1. The molecule has 0 fully saturated rings. The number of hydrogen-bond acceptors (Lipinski definition) is 3. The topological polar surface area (TPSA) is 21.7 Å². The molecule has 0 N–H and O–H groups in total. The van der Waals surface area contributed by atoms with Crippen molar-refractivity contribution in [1.82, 2.24) is 4.90 Å². The van der Waals surface area contributed by atoms with Crippen LogP contribution >= 0.6 is 0 Å². The van der Waals surface area contributed by atoms with Crippen LogP contribution in [0.15, 0.2) is 30.4 Å². The molecule has 0 saturated heterocycles. The van der Waals surface area contributed by atoms with Gasteiger partial charge in [-0.2, -0.15) is 0 Å². The van der Waals surface area contributed by atoms with Crippen molar-refractivity contribution in [3.8, 4) is 11.5 Å².